The third-order valence-corrected chi connectivity index (χ3v) is 4.99. The molecule has 106 valence electrons. The minimum atomic E-state index is 0.603. The number of aromatic nitrogens is 2. The van der Waals surface area contributed by atoms with E-state index in [9.17, 15) is 0 Å². The van der Waals surface area contributed by atoms with Gasteiger partial charge in [-0.25, -0.2) is 0 Å². The largest absolute Gasteiger partial charge is 0.379 e. The fraction of sp³-hybridized carbons (Fsp3) is 0.400. The normalized spacial score (nSPS) is 15.7. The molecule has 5 heteroatoms. The van der Waals surface area contributed by atoms with Gasteiger partial charge in [-0.05, 0) is 53.0 Å². The molecule has 1 aliphatic rings. The van der Waals surface area contributed by atoms with Gasteiger partial charge in [-0.15, -0.1) is 0 Å². The van der Waals surface area contributed by atoms with E-state index in [1.807, 2.05) is 18.2 Å². The minimum Gasteiger partial charge on any atom is -0.379 e. The highest BCUT2D eigenvalue weighted by molar-refractivity contribution is 9.10. The van der Waals surface area contributed by atoms with Crippen LogP contribution in [0.3, 0.4) is 0 Å². The summed E-state index contributed by atoms with van der Waals surface area (Å²) in [5, 5.41) is 8.73. The summed E-state index contributed by atoms with van der Waals surface area (Å²) in [6.07, 6.45) is 7.28. The van der Waals surface area contributed by atoms with Crippen LogP contribution in [0, 0.1) is 0 Å². The molecule has 1 heterocycles. The van der Waals surface area contributed by atoms with Gasteiger partial charge < -0.3 is 5.32 Å². The number of nitrogens with one attached hydrogen (secondary N) is 1. The van der Waals surface area contributed by atoms with E-state index in [2.05, 4.69) is 43.3 Å². The molecule has 0 saturated heterocycles. The Morgan fingerprint density at radius 1 is 1.30 bits per heavy atom. The van der Waals surface area contributed by atoms with Crippen LogP contribution in [0.5, 0.6) is 0 Å². The smallest absolute Gasteiger partial charge is 0.0815 e. The summed E-state index contributed by atoms with van der Waals surface area (Å²) >= 11 is 9.47. The van der Waals surface area contributed by atoms with E-state index >= 15 is 0 Å². The molecule has 1 N–H and O–H groups in total. The average molecular weight is 355 g/mol. The van der Waals surface area contributed by atoms with Crippen molar-refractivity contribution >= 4 is 33.2 Å². The van der Waals surface area contributed by atoms with E-state index in [0.29, 0.717) is 11.1 Å². The first-order valence-electron chi connectivity index (χ1n) is 6.95. The van der Waals surface area contributed by atoms with Gasteiger partial charge in [0.2, 0.25) is 0 Å². The van der Waals surface area contributed by atoms with E-state index in [1.54, 1.807) is 0 Å². The Kier molecular flexibility index (Phi) is 4.32. The van der Waals surface area contributed by atoms with Crippen LogP contribution >= 0.6 is 27.5 Å². The standard InChI is InChI=1S/C15H17BrClN3/c16-14-6-5-11(9-15(14)17)18-10-12-7-8-20(19-12)13-3-1-2-4-13/h5-9,13,18H,1-4,10H2. The average Bonchev–Trinajstić information content (AvgIpc) is 3.09. The van der Waals surface area contributed by atoms with Gasteiger partial charge in [0.15, 0.2) is 0 Å². The van der Waals surface area contributed by atoms with Crippen molar-refractivity contribution in [1.29, 1.82) is 0 Å². The van der Waals surface area contributed by atoms with Gasteiger partial charge in [0.1, 0.15) is 0 Å². The van der Waals surface area contributed by atoms with E-state index < -0.39 is 0 Å². The van der Waals surface area contributed by atoms with E-state index in [0.717, 1.165) is 22.4 Å². The van der Waals surface area contributed by atoms with Gasteiger partial charge in [-0.2, -0.15) is 5.10 Å². The highest BCUT2D eigenvalue weighted by Crippen LogP contribution is 2.29. The zero-order chi connectivity index (χ0) is 13.9. The minimum absolute atomic E-state index is 0.603. The van der Waals surface area contributed by atoms with Crippen LogP contribution in [-0.4, -0.2) is 9.78 Å². The summed E-state index contributed by atoms with van der Waals surface area (Å²) in [7, 11) is 0. The highest BCUT2D eigenvalue weighted by atomic mass is 79.9. The molecule has 0 aliphatic heterocycles. The van der Waals surface area contributed by atoms with Crippen LogP contribution in [0.15, 0.2) is 34.9 Å². The maximum atomic E-state index is 6.08. The van der Waals surface area contributed by atoms with E-state index in [4.69, 9.17) is 11.6 Å². The molecule has 1 aliphatic carbocycles. The van der Waals surface area contributed by atoms with Crippen LogP contribution in [-0.2, 0) is 6.54 Å². The SMILES string of the molecule is Clc1cc(NCc2ccn(C3CCCC3)n2)ccc1Br. The lowest BCUT2D eigenvalue weighted by atomic mass is 10.3. The Hall–Kier alpha value is -1.00. The van der Waals surface area contributed by atoms with Gasteiger partial charge in [0, 0.05) is 16.4 Å². The first-order chi connectivity index (χ1) is 9.72. The molecule has 1 saturated carbocycles. The quantitative estimate of drug-likeness (QED) is 0.835. The monoisotopic (exact) mass is 353 g/mol. The second-order valence-electron chi connectivity index (χ2n) is 5.21. The van der Waals surface area contributed by atoms with Crippen molar-refractivity contribution < 1.29 is 0 Å². The van der Waals surface area contributed by atoms with Crippen molar-refractivity contribution in [2.24, 2.45) is 0 Å². The molecule has 0 bridgehead atoms. The van der Waals surface area contributed by atoms with Crippen LogP contribution < -0.4 is 5.32 Å². The molecule has 0 atom stereocenters. The Bertz CT molecular complexity index is 591. The summed E-state index contributed by atoms with van der Waals surface area (Å²) < 4.78 is 3.04. The van der Waals surface area contributed by atoms with Crippen LogP contribution in [0.4, 0.5) is 5.69 Å². The zero-order valence-electron chi connectivity index (χ0n) is 11.1. The lowest BCUT2D eigenvalue weighted by Crippen LogP contribution is -2.07. The molecule has 0 unspecified atom stereocenters. The first-order valence-corrected chi connectivity index (χ1v) is 8.12. The number of halogens is 2. The molecular formula is C15H17BrClN3. The topological polar surface area (TPSA) is 29.9 Å². The van der Waals surface area contributed by atoms with Crippen molar-refractivity contribution in [3.63, 3.8) is 0 Å². The maximum Gasteiger partial charge on any atom is 0.0815 e. The third kappa shape index (κ3) is 3.18. The number of rotatable bonds is 4. The van der Waals surface area contributed by atoms with Gasteiger partial charge >= 0.3 is 0 Å². The molecule has 3 rings (SSSR count). The second-order valence-corrected chi connectivity index (χ2v) is 6.47. The number of hydrogen-bond donors (Lipinski definition) is 1. The predicted octanol–water partition coefficient (Wildman–Crippen LogP) is 5.03. The number of anilines is 1. The van der Waals surface area contributed by atoms with Crippen molar-refractivity contribution in [2.45, 2.75) is 38.3 Å². The fourth-order valence-corrected chi connectivity index (χ4v) is 3.07. The second kappa shape index (κ2) is 6.19. The fourth-order valence-electron chi connectivity index (χ4n) is 2.64. The number of hydrogen-bond acceptors (Lipinski definition) is 2. The molecule has 3 nitrogen and oxygen atoms in total. The Balaban J connectivity index is 1.61. The summed E-state index contributed by atoms with van der Waals surface area (Å²) in [4.78, 5) is 0. The summed E-state index contributed by atoms with van der Waals surface area (Å²) in [6, 6.07) is 8.56. The van der Waals surface area contributed by atoms with Gasteiger partial charge in [0.25, 0.3) is 0 Å². The zero-order valence-corrected chi connectivity index (χ0v) is 13.5. The van der Waals surface area contributed by atoms with Crippen LogP contribution in [0.2, 0.25) is 5.02 Å². The molecule has 2 aromatic rings. The first kappa shape index (κ1) is 14.0. The Morgan fingerprint density at radius 3 is 2.85 bits per heavy atom. The summed E-state index contributed by atoms with van der Waals surface area (Å²) in [5.74, 6) is 0. The molecule has 1 aromatic heterocycles. The molecule has 20 heavy (non-hydrogen) atoms. The van der Waals surface area contributed by atoms with Crippen LogP contribution in [0.1, 0.15) is 37.4 Å². The Labute approximate surface area is 132 Å². The van der Waals surface area contributed by atoms with Crippen LogP contribution in [0.25, 0.3) is 0 Å². The van der Waals surface area contributed by atoms with Crippen molar-refractivity contribution in [3.05, 3.63) is 45.7 Å². The van der Waals surface area contributed by atoms with Crippen molar-refractivity contribution in [3.8, 4) is 0 Å². The summed E-state index contributed by atoms with van der Waals surface area (Å²) in [5.41, 5.74) is 2.07. The van der Waals surface area contributed by atoms with Gasteiger partial charge in [-0.3, -0.25) is 4.68 Å². The molecular weight excluding hydrogens is 338 g/mol. The molecule has 0 radical (unpaired) electrons. The third-order valence-electron chi connectivity index (χ3n) is 3.76. The number of nitrogens with zero attached hydrogens (tertiary/aromatic N) is 2. The molecule has 0 spiro atoms. The predicted molar refractivity (Wildman–Crippen MR) is 86.2 cm³/mol. The van der Waals surface area contributed by atoms with E-state index in [1.165, 1.54) is 25.7 Å². The van der Waals surface area contributed by atoms with Crippen molar-refractivity contribution in [2.75, 3.05) is 5.32 Å². The lowest BCUT2D eigenvalue weighted by Gasteiger charge is -2.09. The molecule has 1 aromatic carbocycles. The van der Waals surface area contributed by atoms with E-state index in [-0.39, 0.29) is 0 Å². The van der Waals surface area contributed by atoms with Gasteiger partial charge in [-0.1, -0.05) is 24.4 Å². The van der Waals surface area contributed by atoms with Gasteiger partial charge in [0.05, 0.1) is 23.3 Å². The highest BCUT2D eigenvalue weighted by Gasteiger charge is 2.17. The molecule has 0 amide bonds. The summed E-state index contributed by atoms with van der Waals surface area (Å²) in [6.45, 7) is 0.720. The maximum absolute atomic E-state index is 6.08. The lowest BCUT2D eigenvalue weighted by molar-refractivity contribution is 0.463. The number of benzene rings is 1. The Morgan fingerprint density at radius 2 is 2.10 bits per heavy atom. The molecule has 1 fully saturated rings. The van der Waals surface area contributed by atoms with Crippen molar-refractivity contribution in [1.82, 2.24) is 9.78 Å².